The number of amides is 1. The monoisotopic (exact) mass is 459 g/mol. The third-order valence-electron chi connectivity index (χ3n) is 3.86. The fraction of sp³-hybridized carbons (Fsp3) is 0.312. The molecule has 0 unspecified atom stereocenters. The first-order valence-electron chi connectivity index (χ1n) is 7.01. The largest absolute Gasteiger partial charge is 0.493 e. The zero-order valence-electron chi connectivity index (χ0n) is 12.7. The zero-order valence-corrected chi connectivity index (χ0v) is 16.7. The van der Waals surface area contributed by atoms with Gasteiger partial charge in [-0.05, 0) is 67.6 Å². The van der Waals surface area contributed by atoms with Crippen LogP contribution in [0.1, 0.15) is 20.8 Å². The van der Waals surface area contributed by atoms with E-state index in [-0.39, 0.29) is 5.91 Å². The van der Waals surface area contributed by atoms with Gasteiger partial charge in [0.1, 0.15) is 0 Å². The van der Waals surface area contributed by atoms with Crippen molar-refractivity contribution >= 4 is 49.1 Å². The van der Waals surface area contributed by atoms with Crippen LogP contribution in [0.4, 0.5) is 0 Å². The third-order valence-corrected chi connectivity index (χ3v) is 7.11. The normalized spacial score (nSPS) is 13.7. The molecule has 23 heavy (non-hydrogen) atoms. The van der Waals surface area contributed by atoms with Gasteiger partial charge in [0.15, 0.2) is 11.5 Å². The van der Waals surface area contributed by atoms with Crippen LogP contribution in [0.15, 0.2) is 26.5 Å². The van der Waals surface area contributed by atoms with E-state index >= 15 is 0 Å². The summed E-state index contributed by atoms with van der Waals surface area (Å²) in [5.41, 5.74) is 2.32. The van der Waals surface area contributed by atoms with Crippen LogP contribution in [-0.4, -0.2) is 31.6 Å². The Morgan fingerprint density at radius 2 is 1.78 bits per heavy atom. The van der Waals surface area contributed by atoms with Gasteiger partial charge in [-0.15, -0.1) is 11.3 Å². The lowest BCUT2D eigenvalue weighted by Crippen LogP contribution is -2.35. The molecule has 3 rings (SSSR count). The summed E-state index contributed by atoms with van der Waals surface area (Å²) >= 11 is 8.32. The highest BCUT2D eigenvalue weighted by atomic mass is 79.9. The maximum Gasteiger partial charge on any atom is 0.264 e. The standard InChI is InChI=1S/C16H15Br2NO3S/c1-21-12-5-9-3-4-19(8-10(9)6-13(12)22-2)16(20)14-7-11(17)15(18)23-14/h5-7H,3-4,8H2,1-2H3. The highest BCUT2D eigenvalue weighted by Gasteiger charge is 2.25. The van der Waals surface area contributed by atoms with Crippen molar-refractivity contribution in [2.45, 2.75) is 13.0 Å². The minimum atomic E-state index is 0.0573. The molecule has 0 radical (unpaired) electrons. The number of benzene rings is 1. The van der Waals surface area contributed by atoms with E-state index in [9.17, 15) is 4.79 Å². The summed E-state index contributed by atoms with van der Waals surface area (Å²) in [4.78, 5) is 15.3. The van der Waals surface area contributed by atoms with Crippen molar-refractivity contribution in [2.24, 2.45) is 0 Å². The van der Waals surface area contributed by atoms with Crippen LogP contribution in [0, 0.1) is 0 Å². The van der Waals surface area contributed by atoms with Gasteiger partial charge in [-0.2, -0.15) is 0 Å². The number of carbonyl (C=O) groups excluding carboxylic acids is 1. The molecule has 0 fully saturated rings. The number of hydrogen-bond donors (Lipinski definition) is 0. The van der Waals surface area contributed by atoms with E-state index in [1.54, 1.807) is 14.2 Å². The number of ether oxygens (including phenoxy) is 2. The number of hydrogen-bond acceptors (Lipinski definition) is 4. The van der Waals surface area contributed by atoms with Crippen molar-refractivity contribution in [3.05, 3.63) is 42.5 Å². The molecule has 0 aliphatic carbocycles. The fourth-order valence-corrected chi connectivity index (χ4v) is 4.67. The molecule has 2 aromatic rings. The first kappa shape index (κ1) is 16.8. The Hall–Kier alpha value is -1.05. The molecule has 0 saturated carbocycles. The van der Waals surface area contributed by atoms with Crippen LogP contribution in [0.3, 0.4) is 0 Å². The maximum atomic E-state index is 12.7. The molecule has 0 N–H and O–H groups in total. The molecule has 1 aromatic carbocycles. The number of rotatable bonds is 3. The molecule has 0 saturated heterocycles. The molecule has 1 aliphatic rings. The molecular formula is C16H15Br2NO3S. The van der Waals surface area contributed by atoms with Crippen molar-refractivity contribution in [1.82, 2.24) is 4.90 Å². The quantitative estimate of drug-likeness (QED) is 0.677. The van der Waals surface area contributed by atoms with E-state index in [4.69, 9.17) is 9.47 Å². The highest BCUT2D eigenvalue weighted by Crippen LogP contribution is 2.36. The summed E-state index contributed by atoms with van der Waals surface area (Å²) < 4.78 is 12.6. The number of fused-ring (bicyclic) bond motifs is 1. The van der Waals surface area contributed by atoms with Gasteiger partial charge < -0.3 is 14.4 Å². The summed E-state index contributed by atoms with van der Waals surface area (Å²) in [6.45, 7) is 1.29. The van der Waals surface area contributed by atoms with Crippen LogP contribution in [0.2, 0.25) is 0 Å². The first-order chi connectivity index (χ1) is 11.0. The number of halogens is 2. The van der Waals surface area contributed by atoms with Gasteiger partial charge in [-0.3, -0.25) is 4.79 Å². The van der Waals surface area contributed by atoms with Crippen LogP contribution in [0.5, 0.6) is 11.5 Å². The molecule has 1 aliphatic heterocycles. The lowest BCUT2D eigenvalue weighted by Gasteiger charge is -2.29. The van der Waals surface area contributed by atoms with Crippen molar-refractivity contribution in [3.63, 3.8) is 0 Å². The average molecular weight is 461 g/mol. The van der Waals surface area contributed by atoms with Gasteiger partial charge in [-0.1, -0.05) is 0 Å². The lowest BCUT2D eigenvalue weighted by molar-refractivity contribution is 0.0739. The van der Waals surface area contributed by atoms with Gasteiger partial charge in [0.2, 0.25) is 0 Å². The smallest absolute Gasteiger partial charge is 0.264 e. The second kappa shape index (κ2) is 6.83. The maximum absolute atomic E-state index is 12.7. The van der Waals surface area contributed by atoms with Crippen LogP contribution in [0.25, 0.3) is 0 Å². The van der Waals surface area contributed by atoms with Gasteiger partial charge in [0.05, 0.1) is 22.9 Å². The summed E-state index contributed by atoms with van der Waals surface area (Å²) in [5.74, 6) is 1.49. The molecule has 1 aromatic heterocycles. The second-order valence-corrected chi connectivity index (χ2v) is 8.41. The van der Waals surface area contributed by atoms with Crippen molar-refractivity contribution in [3.8, 4) is 11.5 Å². The molecule has 2 heterocycles. The van der Waals surface area contributed by atoms with Crippen LogP contribution >= 0.6 is 43.2 Å². The predicted octanol–water partition coefficient (Wildman–Crippen LogP) is 4.49. The van der Waals surface area contributed by atoms with Gasteiger partial charge in [-0.25, -0.2) is 0 Å². The molecule has 0 bridgehead atoms. The van der Waals surface area contributed by atoms with E-state index in [2.05, 4.69) is 31.9 Å². The Labute approximate surface area is 155 Å². The van der Waals surface area contributed by atoms with E-state index in [0.29, 0.717) is 18.8 Å². The molecular weight excluding hydrogens is 446 g/mol. The van der Waals surface area contributed by atoms with E-state index in [1.807, 2.05) is 23.1 Å². The molecule has 4 nitrogen and oxygen atoms in total. The number of nitrogens with zero attached hydrogens (tertiary/aromatic N) is 1. The predicted molar refractivity (Wildman–Crippen MR) is 97.7 cm³/mol. The first-order valence-corrected chi connectivity index (χ1v) is 9.41. The van der Waals surface area contributed by atoms with Crippen LogP contribution < -0.4 is 9.47 Å². The topological polar surface area (TPSA) is 38.8 Å². The van der Waals surface area contributed by atoms with Gasteiger partial charge in [0, 0.05) is 17.6 Å². The Kier molecular flexibility index (Phi) is 4.98. The summed E-state index contributed by atoms with van der Waals surface area (Å²) in [7, 11) is 3.26. The molecule has 0 spiro atoms. The summed E-state index contributed by atoms with van der Waals surface area (Å²) in [6, 6.07) is 5.84. The van der Waals surface area contributed by atoms with Crippen molar-refractivity contribution in [1.29, 1.82) is 0 Å². The van der Waals surface area contributed by atoms with Gasteiger partial charge in [0.25, 0.3) is 5.91 Å². The second-order valence-electron chi connectivity index (χ2n) is 5.18. The SMILES string of the molecule is COc1cc2c(cc1OC)CN(C(=O)c1cc(Br)c(Br)s1)CC2. The minimum absolute atomic E-state index is 0.0573. The highest BCUT2D eigenvalue weighted by molar-refractivity contribution is 9.13. The Morgan fingerprint density at radius 3 is 2.35 bits per heavy atom. The van der Waals surface area contributed by atoms with E-state index in [0.717, 1.165) is 30.9 Å². The number of methoxy groups -OCH3 is 2. The Bertz CT molecular complexity index is 741. The lowest BCUT2D eigenvalue weighted by atomic mass is 9.98. The van der Waals surface area contributed by atoms with Crippen molar-refractivity contribution in [2.75, 3.05) is 20.8 Å². The molecule has 1 amide bonds. The molecule has 122 valence electrons. The molecule has 7 heteroatoms. The average Bonchev–Trinajstić information content (AvgIpc) is 2.91. The molecule has 0 atom stereocenters. The van der Waals surface area contributed by atoms with E-state index < -0.39 is 0 Å². The number of thiophene rings is 1. The van der Waals surface area contributed by atoms with Crippen molar-refractivity contribution < 1.29 is 14.3 Å². The van der Waals surface area contributed by atoms with Gasteiger partial charge >= 0.3 is 0 Å². The fourth-order valence-electron chi connectivity index (χ4n) is 2.66. The Morgan fingerprint density at radius 1 is 1.13 bits per heavy atom. The minimum Gasteiger partial charge on any atom is -0.493 e. The number of carbonyl (C=O) groups is 1. The van der Waals surface area contributed by atoms with Crippen LogP contribution in [-0.2, 0) is 13.0 Å². The summed E-state index contributed by atoms with van der Waals surface area (Å²) in [5, 5.41) is 0. The Balaban J connectivity index is 1.86. The van der Waals surface area contributed by atoms with E-state index in [1.165, 1.54) is 16.9 Å². The third kappa shape index (κ3) is 3.27. The zero-order chi connectivity index (χ0) is 16.6. The summed E-state index contributed by atoms with van der Waals surface area (Å²) in [6.07, 6.45) is 0.815.